The first-order valence-corrected chi connectivity index (χ1v) is 9.35. The average Bonchev–Trinajstić information content (AvgIpc) is 3.08. The standard InChI is InChI=1S/C23H24O2/c1-3-15-12-17(16-6-4-14(2)5-7-16)10-11-20(15)21-22(24)18-8-9-19(13-18)23(21)25/h4-7,10-12,18-19,21H,3,8-9,13H2,1-2H3. The molecule has 0 aliphatic heterocycles. The van der Waals surface area contributed by atoms with E-state index in [1.165, 1.54) is 11.1 Å². The van der Waals surface area contributed by atoms with Crippen molar-refractivity contribution in [3.05, 3.63) is 59.2 Å². The molecule has 25 heavy (non-hydrogen) atoms. The smallest absolute Gasteiger partial charge is 0.150 e. The second-order valence-corrected chi connectivity index (χ2v) is 7.58. The van der Waals surface area contributed by atoms with Gasteiger partial charge in [-0.15, -0.1) is 0 Å². The van der Waals surface area contributed by atoms with Crippen LogP contribution in [0.2, 0.25) is 0 Å². The molecular weight excluding hydrogens is 308 g/mol. The van der Waals surface area contributed by atoms with Gasteiger partial charge in [0.2, 0.25) is 0 Å². The van der Waals surface area contributed by atoms with E-state index in [1.807, 2.05) is 6.07 Å². The van der Waals surface area contributed by atoms with Crippen molar-refractivity contribution >= 4 is 11.6 Å². The quantitative estimate of drug-likeness (QED) is 0.751. The van der Waals surface area contributed by atoms with Crippen LogP contribution in [0.5, 0.6) is 0 Å². The van der Waals surface area contributed by atoms with Gasteiger partial charge in [-0.25, -0.2) is 0 Å². The Labute approximate surface area is 149 Å². The Morgan fingerprint density at radius 2 is 1.48 bits per heavy atom. The fraction of sp³-hybridized carbons (Fsp3) is 0.391. The van der Waals surface area contributed by atoms with Gasteiger partial charge < -0.3 is 0 Å². The fourth-order valence-electron chi connectivity index (χ4n) is 4.54. The second-order valence-electron chi connectivity index (χ2n) is 7.58. The van der Waals surface area contributed by atoms with Crippen molar-refractivity contribution in [1.29, 1.82) is 0 Å². The van der Waals surface area contributed by atoms with E-state index in [0.29, 0.717) is 0 Å². The van der Waals surface area contributed by atoms with E-state index in [4.69, 9.17) is 0 Å². The topological polar surface area (TPSA) is 34.1 Å². The minimum atomic E-state index is -0.520. The molecule has 2 heteroatoms. The summed E-state index contributed by atoms with van der Waals surface area (Å²) in [5.74, 6) is 0.0182. The molecule has 4 rings (SSSR count). The van der Waals surface area contributed by atoms with Crippen LogP contribution in [0, 0.1) is 18.8 Å². The lowest BCUT2D eigenvalue weighted by molar-refractivity contribution is -0.135. The lowest BCUT2D eigenvalue weighted by Gasteiger charge is -2.27. The zero-order valence-corrected chi connectivity index (χ0v) is 14.9. The normalized spacial score (nSPS) is 25.4. The molecule has 0 aromatic heterocycles. The maximum Gasteiger partial charge on any atom is 0.150 e. The van der Waals surface area contributed by atoms with Crippen molar-refractivity contribution in [3.63, 3.8) is 0 Å². The summed E-state index contributed by atoms with van der Waals surface area (Å²) in [6.07, 6.45) is 3.42. The van der Waals surface area contributed by atoms with Gasteiger partial charge in [0, 0.05) is 11.8 Å². The highest BCUT2D eigenvalue weighted by Crippen LogP contribution is 2.44. The van der Waals surface area contributed by atoms with Crippen molar-refractivity contribution in [2.24, 2.45) is 11.8 Å². The number of hydrogen-bond donors (Lipinski definition) is 0. The minimum absolute atomic E-state index is 0.106. The maximum atomic E-state index is 12.8. The molecule has 128 valence electrons. The number of benzene rings is 2. The third-order valence-corrected chi connectivity index (χ3v) is 6.03. The highest BCUT2D eigenvalue weighted by molar-refractivity contribution is 6.12. The number of hydrogen-bond acceptors (Lipinski definition) is 2. The van der Waals surface area contributed by atoms with Crippen LogP contribution in [-0.4, -0.2) is 11.6 Å². The van der Waals surface area contributed by atoms with Crippen LogP contribution in [0.15, 0.2) is 42.5 Å². The molecule has 2 saturated carbocycles. The van der Waals surface area contributed by atoms with E-state index >= 15 is 0 Å². The van der Waals surface area contributed by atoms with Gasteiger partial charge in [-0.2, -0.15) is 0 Å². The number of Topliss-reactive ketones (excluding diaryl/α,β-unsaturated/α-hetero) is 2. The van der Waals surface area contributed by atoms with Crippen LogP contribution in [0.25, 0.3) is 11.1 Å². The summed E-state index contributed by atoms with van der Waals surface area (Å²) >= 11 is 0. The van der Waals surface area contributed by atoms with Gasteiger partial charge in [0.15, 0.2) is 11.6 Å². The van der Waals surface area contributed by atoms with Crippen LogP contribution in [0.4, 0.5) is 0 Å². The lowest BCUT2D eigenvalue weighted by atomic mass is 9.74. The Bertz CT molecular complexity index is 810. The Morgan fingerprint density at radius 1 is 0.880 bits per heavy atom. The average molecular weight is 332 g/mol. The summed E-state index contributed by atoms with van der Waals surface area (Å²) in [6, 6.07) is 14.7. The molecule has 2 bridgehead atoms. The maximum absolute atomic E-state index is 12.8. The lowest BCUT2D eigenvalue weighted by Crippen LogP contribution is -2.35. The van der Waals surface area contributed by atoms with Gasteiger partial charge in [-0.1, -0.05) is 55.0 Å². The van der Waals surface area contributed by atoms with Gasteiger partial charge in [0.25, 0.3) is 0 Å². The molecular formula is C23H24O2. The molecule has 2 aromatic carbocycles. The molecule has 0 spiro atoms. The molecule has 0 radical (unpaired) electrons. The van der Waals surface area contributed by atoms with Crippen LogP contribution in [0.3, 0.4) is 0 Å². The largest absolute Gasteiger partial charge is 0.298 e. The Hall–Kier alpha value is -2.22. The highest BCUT2D eigenvalue weighted by atomic mass is 16.2. The second kappa shape index (κ2) is 6.25. The molecule has 0 saturated heterocycles. The molecule has 2 aromatic rings. The predicted octanol–water partition coefficient (Wildman–Crippen LogP) is 4.88. The molecule has 2 nitrogen and oxygen atoms in total. The SMILES string of the molecule is CCc1cc(-c2ccc(C)cc2)ccc1C1C(=O)C2CCC(C2)C1=O. The van der Waals surface area contributed by atoms with Gasteiger partial charge in [0.1, 0.15) is 5.92 Å². The van der Waals surface area contributed by atoms with E-state index in [2.05, 4.69) is 50.2 Å². The van der Waals surface area contributed by atoms with E-state index in [1.54, 1.807) is 0 Å². The Balaban J connectivity index is 1.74. The van der Waals surface area contributed by atoms with E-state index in [0.717, 1.165) is 42.4 Å². The molecule has 2 aliphatic rings. The molecule has 2 fully saturated rings. The van der Waals surface area contributed by atoms with Gasteiger partial charge in [-0.05, 0) is 54.9 Å². The number of fused-ring (bicyclic) bond motifs is 2. The van der Waals surface area contributed by atoms with Crippen molar-refractivity contribution in [2.75, 3.05) is 0 Å². The third-order valence-electron chi connectivity index (χ3n) is 6.03. The first kappa shape index (κ1) is 16.3. The van der Waals surface area contributed by atoms with E-state index in [-0.39, 0.29) is 23.4 Å². The summed E-state index contributed by atoms with van der Waals surface area (Å²) in [4.78, 5) is 25.7. The predicted molar refractivity (Wildman–Crippen MR) is 99.6 cm³/mol. The Morgan fingerprint density at radius 3 is 2.08 bits per heavy atom. The van der Waals surface area contributed by atoms with Gasteiger partial charge >= 0.3 is 0 Å². The van der Waals surface area contributed by atoms with E-state index < -0.39 is 5.92 Å². The number of carbonyl (C=O) groups excluding carboxylic acids is 2. The molecule has 0 amide bonds. The fourth-order valence-corrected chi connectivity index (χ4v) is 4.54. The highest BCUT2D eigenvalue weighted by Gasteiger charge is 2.47. The first-order valence-electron chi connectivity index (χ1n) is 9.35. The van der Waals surface area contributed by atoms with Crippen LogP contribution < -0.4 is 0 Å². The molecule has 0 N–H and O–H groups in total. The van der Waals surface area contributed by atoms with Crippen LogP contribution in [0.1, 0.15) is 48.8 Å². The summed E-state index contributed by atoms with van der Waals surface area (Å²) in [6.45, 7) is 4.18. The minimum Gasteiger partial charge on any atom is -0.298 e. The summed E-state index contributed by atoms with van der Waals surface area (Å²) in [5.41, 5.74) is 5.65. The van der Waals surface area contributed by atoms with Crippen LogP contribution >= 0.6 is 0 Å². The molecule has 2 aliphatic carbocycles. The number of carbonyl (C=O) groups is 2. The number of aryl methyl sites for hydroxylation is 2. The third kappa shape index (κ3) is 2.74. The zero-order valence-electron chi connectivity index (χ0n) is 14.9. The number of rotatable bonds is 3. The summed E-state index contributed by atoms with van der Waals surface area (Å²) in [7, 11) is 0. The summed E-state index contributed by atoms with van der Waals surface area (Å²) in [5, 5.41) is 0. The monoisotopic (exact) mass is 332 g/mol. The molecule has 2 atom stereocenters. The molecule has 0 heterocycles. The van der Waals surface area contributed by atoms with E-state index in [9.17, 15) is 9.59 Å². The van der Waals surface area contributed by atoms with Gasteiger partial charge in [-0.3, -0.25) is 9.59 Å². The van der Waals surface area contributed by atoms with Crippen LogP contribution in [-0.2, 0) is 16.0 Å². The van der Waals surface area contributed by atoms with Crippen molar-refractivity contribution in [2.45, 2.75) is 45.4 Å². The number of ketones is 2. The molecule has 2 unspecified atom stereocenters. The van der Waals surface area contributed by atoms with Crippen molar-refractivity contribution < 1.29 is 9.59 Å². The summed E-state index contributed by atoms with van der Waals surface area (Å²) < 4.78 is 0. The Kier molecular flexibility index (Phi) is 4.07. The van der Waals surface area contributed by atoms with Crippen molar-refractivity contribution in [1.82, 2.24) is 0 Å². The first-order chi connectivity index (χ1) is 12.1. The van der Waals surface area contributed by atoms with Gasteiger partial charge in [0.05, 0.1) is 0 Å². The zero-order chi connectivity index (χ0) is 17.6. The van der Waals surface area contributed by atoms with Crippen molar-refractivity contribution in [3.8, 4) is 11.1 Å².